The van der Waals surface area contributed by atoms with Crippen molar-refractivity contribution in [2.45, 2.75) is 13.1 Å². The molecule has 20 heavy (non-hydrogen) atoms. The molecule has 0 aliphatic rings. The van der Waals surface area contributed by atoms with Crippen LogP contribution < -0.4 is 10.1 Å². The average molecular weight is 283 g/mol. The summed E-state index contributed by atoms with van der Waals surface area (Å²) in [5.41, 5.74) is 0.103. The van der Waals surface area contributed by atoms with E-state index in [1.807, 2.05) is 12.2 Å². The van der Waals surface area contributed by atoms with Crippen LogP contribution in [-0.2, 0) is 4.79 Å². The van der Waals surface area contributed by atoms with E-state index in [1.54, 1.807) is 24.3 Å². The summed E-state index contributed by atoms with van der Waals surface area (Å²) in [6.07, 6.45) is -4.92. The van der Waals surface area contributed by atoms with Gasteiger partial charge in [-0.1, -0.05) is 24.3 Å². The molecular weight excluding hydrogens is 271 g/mol. The molecule has 0 fully saturated rings. The monoisotopic (exact) mass is 283 g/mol. The maximum atomic E-state index is 12.3. The smallest absolute Gasteiger partial charge is 0.471 e. The van der Waals surface area contributed by atoms with Crippen LogP contribution in [0.3, 0.4) is 0 Å². The number of carbonyl (C=O) groups is 1. The Morgan fingerprint density at radius 1 is 1.15 bits per heavy atom. The minimum Gasteiger partial charge on any atom is -0.493 e. The number of halogens is 3. The van der Waals surface area contributed by atoms with Gasteiger partial charge in [0, 0.05) is 16.5 Å². The summed E-state index contributed by atoms with van der Waals surface area (Å²) in [4.78, 5) is 11.0. The summed E-state index contributed by atoms with van der Waals surface area (Å²) < 4.78 is 42.3. The summed E-state index contributed by atoms with van der Waals surface area (Å²) in [6.45, 7) is 2.26. The number of hydrogen-bond acceptors (Lipinski definition) is 2. The van der Waals surface area contributed by atoms with Gasteiger partial charge in [-0.05, 0) is 19.1 Å². The Morgan fingerprint density at radius 2 is 1.80 bits per heavy atom. The van der Waals surface area contributed by atoms with Crippen molar-refractivity contribution in [3.8, 4) is 5.75 Å². The maximum absolute atomic E-state index is 12.3. The van der Waals surface area contributed by atoms with E-state index in [4.69, 9.17) is 4.74 Å². The number of hydrogen-bond donors (Lipinski definition) is 1. The van der Waals surface area contributed by atoms with Crippen LogP contribution in [0.1, 0.15) is 6.92 Å². The Labute approximate surface area is 113 Å². The van der Waals surface area contributed by atoms with Crippen molar-refractivity contribution in [3.63, 3.8) is 0 Å². The molecule has 0 bridgehead atoms. The summed E-state index contributed by atoms with van der Waals surface area (Å²) in [5.74, 6) is -1.43. The minimum absolute atomic E-state index is 0.103. The molecule has 6 heteroatoms. The SMILES string of the molecule is CCOc1ccc(NC(=O)C(F)(F)F)c2ccccc12. The van der Waals surface area contributed by atoms with Crippen molar-refractivity contribution in [1.29, 1.82) is 0 Å². The summed E-state index contributed by atoms with van der Waals surface area (Å²) in [5, 5.41) is 3.02. The number of nitrogens with one attached hydrogen (secondary N) is 1. The van der Waals surface area contributed by atoms with Gasteiger partial charge in [0.1, 0.15) is 5.75 Å². The van der Waals surface area contributed by atoms with Gasteiger partial charge in [0.2, 0.25) is 0 Å². The zero-order chi connectivity index (χ0) is 14.8. The molecule has 0 aromatic heterocycles. The molecule has 1 N–H and O–H groups in total. The Balaban J connectivity index is 2.46. The van der Waals surface area contributed by atoms with Crippen molar-refractivity contribution >= 4 is 22.4 Å². The van der Waals surface area contributed by atoms with E-state index >= 15 is 0 Å². The van der Waals surface area contributed by atoms with Crippen LogP contribution >= 0.6 is 0 Å². The third kappa shape index (κ3) is 2.84. The molecule has 0 heterocycles. The zero-order valence-corrected chi connectivity index (χ0v) is 10.6. The van der Waals surface area contributed by atoms with Gasteiger partial charge >= 0.3 is 12.1 Å². The quantitative estimate of drug-likeness (QED) is 0.931. The Kier molecular flexibility index (Phi) is 3.83. The van der Waals surface area contributed by atoms with Gasteiger partial charge < -0.3 is 10.1 Å². The van der Waals surface area contributed by atoms with E-state index in [-0.39, 0.29) is 5.69 Å². The fourth-order valence-electron chi connectivity index (χ4n) is 1.85. The number of carbonyl (C=O) groups excluding carboxylic acids is 1. The molecule has 0 unspecified atom stereocenters. The molecule has 0 saturated heterocycles. The van der Waals surface area contributed by atoms with Crippen molar-refractivity contribution in [1.82, 2.24) is 0 Å². The molecule has 0 spiro atoms. The fourth-order valence-corrected chi connectivity index (χ4v) is 1.85. The number of rotatable bonds is 3. The Hall–Kier alpha value is -2.24. The number of alkyl halides is 3. The lowest BCUT2D eigenvalue weighted by Crippen LogP contribution is -2.29. The number of benzene rings is 2. The first-order chi connectivity index (χ1) is 9.43. The predicted octanol–water partition coefficient (Wildman–Crippen LogP) is 3.74. The molecule has 0 radical (unpaired) electrons. The molecule has 106 valence electrons. The first kappa shape index (κ1) is 14.2. The highest BCUT2D eigenvalue weighted by atomic mass is 19.4. The van der Waals surface area contributed by atoms with Gasteiger partial charge in [0.05, 0.1) is 6.61 Å². The van der Waals surface area contributed by atoms with Gasteiger partial charge in [-0.15, -0.1) is 0 Å². The van der Waals surface area contributed by atoms with Gasteiger partial charge in [0.25, 0.3) is 0 Å². The van der Waals surface area contributed by atoms with Crippen molar-refractivity contribution < 1.29 is 22.7 Å². The Morgan fingerprint density at radius 3 is 2.40 bits per heavy atom. The van der Waals surface area contributed by atoms with Crippen LogP contribution in [-0.4, -0.2) is 18.7 Å². The molecule has 0 aliphatic heterocycles. The summed E-state index contributed by atoms with van der Waals surface area (Å²) in [6, 6.07) is 9.73. The second kappa shape index (κ2) is 5.40. The van der Waals surface area contributed by atoms with E-state index in [2.05, 4.69) is 0 Å². The van der Waals surface area contributed by atoms with Crippen LogP contribution in [0, 0.1) is 0 Å². The van der Waals surface area contributed by atoms with Crippen molar-refractivity contribution in [2.75, 3.05) is 11.9 Å². The lowest BCUT2D eigenvalue weighted by atomic mass is 10.1. The highest BCUT2D eigenvalue weighted by molar-refractivity contribution is 6.05. The lowest BCUT2D eigenvalue weighted by Gasteiger charge is -2.13. The lowest BCUT2D eigenvalue weighted by molar-refractivity contribution is -0.167. The molecule has 2 aromatic carbocycles. The average Bonchev–Trinajstić information content (AvgIpc) is 2.40. The second-order valence-corrected chi connectivity index (χ2v) is 4.04. The standard InChI is InChI=1S/C14H12F3NO2/c1-2-20-12-8-7-11(18-13(19)14(15,16)17)9-5-3-4-6-10(9)12/h3-8H,2H2,1H3,(H,18,19). The molecule has 1 amide bonds. The van der Waals surface area contributed by atoms with E-state index in [1.165, 1.54) is 12.1 Å². The molecule has 0 atom stereocenters. The second-order valence-electron chi connectivity index (χ2n) is 4.04. The minimum atomic E-state index is -4.92. The number of fused-ring (bicyclic) bond motifs is 1. The molecule has 3 nitrogen and oxygen atoms in total. The van der Waals surface area contributed by atoms with Crippen LogP contribution in [0.25, 0.3) is 10.8 Å². The van der Waals surface area contributed by atoms with Crippen LogP contribution in [0.2, 0.25) is 0 Å². The molecule has 0 aliphatic carbocycles. The van der Waals surface area contributed by atoms with E-state index in [0.29, 0.717) is 23.1 Å². The van der Waals surface area contributed by atoms with Gasteiger partial charge in [0.15, 0.2) is 0 Å². The number of ether oxygens (including phenoxy) is 1. The van der Waals surface area contributed by atoms with Gasteiger partial charge in [-0.2, -0.15) is 13.2 Å². The third-order valence-electron chi connectivity index (χ3n) is 2.69. The van der Waals surface area contributed by atoms with Crippen molar-refractivity contribution in [2.24, 2.45) is 0 Å². The van der Waals surface area contributed by atoms with Crippen LogP contribution in [0.15, 0.2) is 36.4 Å². The molecule has 0 saturated carbocycles. The normalized spacial score (nSPS) is 11.4. The van der Waals surface area contributed by atoms with Crippen LogP contribution in [0.5, 0.6) is 5.75 Å². The van der Waals surface area contributed by atoms with Crippen LogP contribution in [0.4, 0.5) is 18.9 Å². The molecule has 2 rings (SSSR count). The molecule has 2 aromatic rings. The topological polar surface area (TPSA) is 38.3 Å². The molecular formula is C14H12F3NO2. The maximum Gasteiger partial charge on any atom is 0.471 e. The summed E-state index contributed by atoms with van der Waals surface area (Å²) in [7, 11) is 0. The Bertz CT molecular complexity index is 638. The fraction of sp³-hybridized carbons (Fsp3) is 0.214. The first-order valence-corrected chi connectivity index (χ1v) is 5.96. The summed E-state index contributed by atoms with van der Waals surface area (Å²) >= 11 is 0. The van der Waals surface area contributed by atoms with Gasteiger partial charge in [-0.3, -0.25) is 4.79 Å². The largest absolute Gasteiger partial charge is 0.493 e. The first-order valence-electron chi connectivity index (χ1n) is 5.96. The third-order valence-corrected chi connectivity index (χ3v) is 2.69. The van der Waals surface area contributed by atoms with Gasteiger partial charge in [-0.25, -0.2) is 0 Å². The highest BCUT2D eigenvalue weighted by Gasteiger charge is 2.38. The number of anilines is 1. The van der Waals surface area contributed by atoms with E-state index in [9.17, 15) is 18.0 Å². The zero-order valence-electron chi connectivity index (χ0n) is 10.6. The van der Waals surface area contributed by atoms with E-state index in [0.717, 1.165) is 0 Å². The van der Waals surface area contributed by atoms with Crippen molar-refractivity contribution in [3.05, 3.63) is 36.4 Å². The number of amides is 1. The highest BCUT2D eigenvalue weighted by Crippen LogP contribution is 2.32. The predicted molar refractivity (Wildman–Crippen MR) is 69.8 cm³/mol. The van der Waals surface area contributed by atoms with E-state index < -0.39 is 12.1 Å².